The molecule has 1 saturated heterocycles. The van der Waals surface area contributed by atoms with Crippen molar-refractivity contribution in [2.75, 3.05) is 39.5 Å². The summed E-state index contributed by atoms with van der Waals surface area (Å²) in [6.45, 7) is 10.6. The normalized spacial score (nSPS) is 17.6. The second-order valence-electron chi connectivity index (χ2n) is 5.85. The van der Waals surface area contributed by atoms with Crippen molar-refractivity contribution in [2.24, 2.45) is 0 Å². The third-order valence-electron chi connectivity index (χ3n) is 3.77. The molecule has 0 saturated carbocycles. The molecule has 0 bridgehead atoms. The van der Waals surface area contributed by atoms with Crippen molar-refractivity contribution in [1.29, 1.82) is 0 Å². The van der Waals surface area contributed by atoms with Crippen LogP contribution in [0.5, 0.6) is 0 Å². The number of nitrogens with one attached hydrogen (secondary N) is 1. The van der Waals surface area contributed by atoms with Gasteiger partial charge < -0.3 is 15.2 Å². The summed E-state index contributed by atoms with van der Waals surface area (Å²) in [6.07, 6.45) is 3.83. The summed E-state index contributed by atoms with van der Waals surface area (Å²) in [5.74, 6) is 0. The van der Waals surface area contributed by atoms with Crippen molar-refractivity contribution in [3.8, 4) is 0 Å². The number of aliphatic hydroxyl groups is 1. The summed E-state index contributed by atoms with van der Waals surface area (Å²) in [5.41, 5.74) is 1.28. The van der Waals surface area contributed by atoms with E-state index >= 15 is 0 Å². The molecule has 1 aromatic rings. The Bertz CT molecular complexity index is 400. The molecular weight excluding hydrogens is 256 g/mol. The highest BCUT2D eigenvalue weighted by Gasteiger charge is 2.27. The van der Waals surface area contributed by atoms with Crippen LogP contribution >= 0.6 is 0 Å². The van der Waals surface area contributed by atoms with E-state index < -0.39 is 0 Å². The number of nitrogens with zero attached hydrogens (tertiary/aromatic N) is 3. The van der Waals surface area contributed by atoms with Gasteiger partial charge in [-0.15, -0.1) is 0 Å². The van der Waals surface area contributed by atoms with Gasteiger partial charge in [0.2, 0.25) is 0 Å². The predicted octanol–water partition coefficient (Wildman–Crippen LogP) is 0.0758. The third-order valence-corrected chi connectivity index (χ3v) is 3.77. The van der Waals surface area contributed by atoms with Crippen molar-refractivity contribution in [3.63, 3.8) is 0 Å². The number of hydrogen-bond acceptors (Lipinski definition) is 5. The molecule has 0 aromatic carbocycles. The smallest absolute Gasteiger partial charge is 0.0640 e. The van der Waals surface area contributed by atoms with Crippen LogP contribution in [-0.2, 0) is 17.8 Å². The minimum absolute atomic E-state index is 0.124. The first-order valence-electron chi connectivity index (χ1n) is 7.27. The first kappa shape index (κ1) is 15.4. The Morgan fingerprint density at radius 3 is 2.85 bits per heavy atom. The Morgan fingerprint density at radius 2 is 2.15 bits per heavy atom. The van der Waals surface area contributed by atoms with Crippen molar-refractivity contribution in [3.05, 3.63) is 18.0 Å². The van der Waals surface area contributed by atoms with Gasteiger partial charge in [0.05, 0.1) is 32.6 Å². The molecule has 6 nitrogen and oxygen atoms in total. The molecule has 0 amide bonds. The van der Waals surface area contributed by atoms with Gasteiger partial charge in [-0.25, -0.2) is 0 Å². The maximum Gasteiger partial charge on any atom is 0.0640 e. The van der Waals surface area contributed by atoms with E-state index in [-0.39, 0.29) is 12.1 Å². The van der Waals surface area contributed by atoms with E-state index in [1.54, 1.807) is 4.68 Å². The Hall–Kier alpha value is -0.950. The first-order valence-corrected chi connectivity index (χ1v) is 7.27. The Morgan fingerprint density at radius 1 is 1.40 bits per heavy atom. The number of morpholine rings is 1. The lowest BCUT2D eigenvalue weighted by Gasteiger charge is -2.41. The molecule has 0 aliphatic carbocycles. The van der Waals surface area contributed by atoms with Gasteiger partial charge in [-0.05, 0) is 13.8 Å². The SMILES string of the molecule is CC(C)(CNCc1cnn(CCO)c1)N1CCOCC1. The van der Waals surface area contributed by atoms with Crippen LogP contribution in [0.3, 0.4) is 0 Å². The molecule has 0 spiro atoms. The zero-order chi connectivity index (χ0) is 14.4. The fourth-order valence-corrected chi connectivity index (χ4v) is 2.52. The second kappa shape index (κ2) is 7.17. The van der Waals surface area contributed by atoms with Gasteiger partial charge in [0.15, 0.2) is 0 Å². The lowest BCUT2D eigenvalue weighted by atomic mass is 10.0. The topological polar surface area (TPSA) is 62.5 Å². The maximum absolute atomic E-state index is 8.86. The standard InChI is InChI=1S/C14H26N4O2/c1-14(2,17-4-7-20-8-5-17)12-15-9-13-10-16-18(11-13)3-6-19/h10-11,15,19H,3-9,12H2,1-2H3. The molecule has 6 heteroatoms. The molecule has 1 fully saturated rings. The number of aliphatic hydroxyl groups excluding tert-OH is 1. The Kier molecular flexibility index (Phi) is 5.54. The van der Waals surface area contributed by atoms with E-state index in [2.05, 4.69) is 29.2 Å². The second-order valence-corrected chi connectivity index (χ2v) is 5.85. The highest BCUT2D eigenvalue weighted by Crippen LogP contribution is 2.15. The average Bonchev–Trinajstić information content (AvgIpc) is 2.88. The van der Waals surface area contributed by atoms with Crippen LogP contribution < -0.4 is 5.32 Å². The minimum Gasteiger partial charge on any atom is -0.394 e. The molecule has 114 valence electrons. The summed E-state index contributed by atoms with van der Waals surface area (Å²) in [4.78, 5) is 2.47. The van der Waals surface area contributed by atoms with Gasteiger partial charge in [0, 0.05) is 43.5 Å². The van der Waals surface area contributed by atoms with E-state index in [9.17, 15) is 0 Å². The molecule has 20 heavy (non-hydrogen) atoms. The lowest BCUT2D eigenvalue weighted by molar-refractivity contribution is -0.00966. The molecule has 1 aliphatic heterocycles. The highest BCUT2D eigenvalue weighted by atomic mass is 16.5. The number of hydrogen-bond donors (Lipinski definition) is 2. The van der Waals surface area contributed by atoms with Gasteiger partial charge >= 0.3 is 0 Å². The van der Waals surface area contributed by atoms with Gasteiger partial charge in [0.25, 0.3) is 0 Å². The summed E-state index contributed by atoms with van der Waals surface area (Å²) < 4.78 is 7.17. The monoisotopic (exact) mass is 282 g/mol. The van der Waals surface area contributed by atoms with Crippen LogP contribution in [0.25, 0.3) is 0 Å². The van der Waals surface area contributed by atoms with E-state index in [0.29, 0.717) is 6.54 Å². The fourth-order valence-electron chi connectivity index (χ4n) is 2.52. The molecule has 2 N–H and O–H groups in total. The molecular formula is C14H26N4O2. The predicted molar refractivity (Wildman–Crippen MR) is 77.5 cm³/mol. The van der Waals surface area contributed by atoms with E-state index in [1.165, 1.54) is 0 Å². The van der Waals surface area contributed by atoms with Crippen LogP contribution in [0.4, 0.5) is 0 Å². The quantitative estimate of drug-likeness (QED) is 0.741. The van der Waals surface area contributed by atoms with Crippen LogP contribution in [0.2, 0.25) is 0 Å². The van der Waals surface area contributed by atoms with Gasteiger partial charge in [-0.2, -0.15) is 5.10 Å². The van der Waals surface area contributed by atoms with E-state index in [1.807, 2.05) is 12.4 Å². The summed E-state index contributed by atoms with van der Waals surface area (Å²) in [5, 5.41) is 16.6. The van der Waals surface area contributed by atoms with E-state index in [0.717, 1.165) is 45.0 Å². The third kappa shape index (κ3) is 4.28. The van der Waals surface area contributed by atoms with Crippen LogP contribution in [0.15, 0.2) is 12.4 Å². The molecule has 1 aliphatic rings. The highest BCUT2D eigenvalue weighted by molar-refractivity contribution is 5.03. The zero-order valence-corrected chi connectivity index (χ0v) is 12.5. The molecule has 0 unspecified atom stereocenters. The largest absolute Gasteiger partial charge is 0.394 e. The van der Waals surface area contributed by atoms with Crippen molar-refractivity contribution < 1.29 is 9.84 Å². The van der Waals surface area contributed by atoms with Gasteiger partial charge in [-0.1, -0.05) is 0 Å². The molecule has 2 rings (SSSR count). The summed E-state index contributed by atoms with van der Waals surface area (Å²) in [7, 11) is 0. The maximum atomic E-state index is 8.86. The van der Waals surface area contributed by atoms with E-state index in [4.69, 9.17) is 9.84 Å². The van der Waals surface area contributed by atoms with Gasteiger partial charge in [0.1, 0.15) is 0 Å². The number of aromatic nitrogens is 2. The lowest BCUT2D eigenvalue weighted by Crippen LogP contribution is -2.54. The van der Waals surface area contributed by atoms with Crippen LogP contribution in [0, 0.1) is 0 Å². The van der Waals surface area contributed by atoms with Crippen molar-refractivity contribution in [1.82, 2.24) is 20.0 Å². The summed E-state index contributed by atoms with van der Waals surface area (Å²) >= 11 is 0. The Balaban J connectivity index is 1.75. The Labute approximate surface area is 120 Å². The first-order chi connectivity index (χ1) is 9.62. The van der Waals surface area contributed by atoms with Crippen LogP contribution in [-0.4, -0.2) is 64.8 Å². The van der Waals surface area contributed by atoms with Crippen molar-refractivity contribution in [2.45, 2.75) is 32.5 Å². The number of rotatable bonds is 7. The summed E-state index contributed by atoms with van der Waals surface area (Å²) in [6, 6.07) is 0. The van der Waals surface area contributed by atoms with Crippen LogP contribution in [0.1, 0.15) is 19.4 Å². The molecule has 1 aromatic heterocycles. The van der Waals surface area contributed by atoms with Gasteiger partial charge in [-0.3, -0.25) is 9.58 Å². The fraction of sp³-hybridized carbons (Fsp3) is 0.786. The minimum atomic E-state index is 0.124. The number of ether oxygens (including phenoxy) is 1. The average molecular weight is 282 g/mol. The zero-order valence-electron chi connectivity index (χ0n) is 12.5. The molecule has 2 heterocycles. The molecule has 0 atom stereocenters. The van der Waals surface area contributed by atoms with Crippen molar-refractivity contribution >= 4 is 0 Å². The molecule has 0 radical (unpaired) electrons.